The Hall–Kier alpha value is -1.95. The molecular formula is C16H14BrF2NO2. The molecule has 0 aliphatic rings. The molecular weight excluding hydrogens is 356 g/mol. The van der Waals surface area contributed by atoms with Gasteiger partial charge in [0, 0.05) is 16.6 Å². The number of hydrogen-bond donors (Lipinski definition) is 1. The van der Waals surface area contributed by atoms with Crippen LogP contribution in [0.2, 0.25) is 0 Å². The molecule has 1 amide bonds. The highest BCUT2D eigenvalue weighted by atomic mass is 79.9. The Kier molecular flexibility index (Phi) is 5.89. The van der Waals surface area contributed by atoms with Gasteiger partial charge in [0.15, 0.2) is 11.6 Å². The summed E-state index contributed by atoms with van der Waals surface area (Å²) in [6, 6.07) is 10.5. The summed E-state index contributed by atoms with van der Waals surface area (Å²) in [6.07, 6.45) is 0.0595. The molecule has 0 radical (unpaired) electrons. The lowest BCUT2D eigenvalue weighted by Crippen LogP contribution is -2.25. The number of para-hydroxylation sites is 1. The number of carbonyl (C=O) groups excluding carboxylic acids is 1. The number of nitrogens with one attached hydrogen (secondary N) is 1. The molecule has 0 unspecified atom stereocenters. The van der Waals surface area contributed by atoms with Gasteiger partial charge in [-0.3, -0.25) is 4.79 Å². The van der Waals surface area contributed by atoms with Crippen LogP contribution in [0.3, 0.4) is 0 Å². The van der Waals surface area contributed by atoms with E-state index in [4.69, 9.17) is 4.74 Å². The number of amides is 1. The Balaban J connectivity index is 1.76. The van der Waals surface area contributed by atoms with Crippen molar-refractivity contribution in [1.29, 1.82) is 0 Å². The highest BCUT2D eigenvalue weighted by molar-refractivity contribution is 9.10. The topological polar surface area (TPSA) is 38.3 Å². The molecule has 0 heterocycles. The van der Waals surface area contributed by atoms with Crippen molar-refractivity contribution in [3.63, 3.8) is 0 Å². The van der Waals surface area contributed by atoms with Crippen LogP contribution in [0.1, 0.15) is 12.0 Å². The molecule has 1 N–H and O–H groups in total. The van der Waals surface area contributed by atoms with Crippen molar-refractivity contribution >= 4 is 21.8 Å². The molecule has 6 heteroatoms. The Bertz CT molecular complexity index is 664. The first-order chi connectivity index (χ1) is 10.6. The van der Waals surface area contributed by atoms with Gasteiger partial charge in [-0.05, 0) is 30.3 Å². The molecule has 0 fully saturated rings. The van der Waals surface area contributed by atoms with Crippen molar-refractivity contribution in [1.82, 2.24) is 5.32 Å². The second kappa shape index (κ2) is 7.89. The van der Waals surface area contributed by atoms with Gasteiger partial charge in [0.2, 0.25) is 5.91 Å². The van der Waals surface area contributed by atoms with E-state index in [-0.39, 0.29) is 37.0 Å². The first kappa shape index (κ1) is 16.4. The molecule has 116 valence electrons. The zero-order valence-electron chi connectivity index (χ0n) is 11.6. The van der Waals surface area contributed by atoms with Gasteiger partial charge in [-0.2, -0.15) is 0 Å². The van der Waals surface area contributed by atoms with Crippen LogP contribution in [-0.2, 0) is 11.3 Å². The molecule has 0 saturated carbocycles. The molecule has 0 bridgehead atoms. The molecule has 2 aromatic carbocycles. The minimum atomic E-state index is -0.473. The number of benzene rings is 2. The third-order valence-electron chi connectivity index (χ3n) is 2.91. The van der Waals surface area contributed by atoms with E-state index >= 15 is 0 Å². The third-order valence-corrected chi connectivity index (χ3v) is 3.40. The van der Waals surface area contributed by atoms with Crippen LogP contribution in [-0.4, -0.2) is 12.5 Å². The average molecular weight is 370 g/mol. The first-order valence-corrected chi connectivity index (χ1v) is 7.43. The summed E-state index contributed by atoms with van der Waals surface area (Å²) in [5, 5.41) is 2.59. The Labute approximate surface area is 135 Å². The summed E-state index contributed by atoms with van der Waals surface area (Å²) in [5.74, 6) is -1.05. The van der Waals surface area contributed by atoms with Crippen molar-refractivity contribution in [3.8, 4) is 5.75 Å². The SMILES string of the molecule is O=C(CCOc1ccccc1F)NCc1cc(Br)ccc1F. The van der Waals surface area contributed by atoms with Crippen molar-refractivity contribution in [3.05, 3.63) is 64.1 Å². The fraction of sp³-hybridized carbons (Fsp3) is 0.188. The highest BCUT2D eigenvalue weighted by Gasteiger charge is 2.07. The summed E-state index contributed by atoms with van der Waals surface area (Å²) in [7, 11) is 0. The maximum absolute atomic E-state index is 13.5. The lowest BCUT2D eigenvalue weighted by molar-refractivity contribution is -0.121. The predicted molar refractivity (Wildman–Crippen MR) is 82.5 cm³/mol. The number of hydrogen-bond acceptors (Lipinski definition) is 2. The van der Waals surface area contributed by atoms with Crippen LogP contribution in [0.5, 0.6) is 5.75 Å². The lowest BCUT2D eigenvalue weighted by Gasteiger charge is -2.08. The minimum absolute atomic E-state index is 0.0493. The number of ether oxygens (including phenoxy) is 1. The molecule has 0 aromatic heterocycles. The van der Waals surface area contributed by atoms with Crippen LogP contribution < -0.4 is 10.1 Å². The van der Waals surface area contributed by atoms with Gasteiger partial charge >= 0.3 is 0 Å². The third kappa shape index (κ3) is 4.80. The summed E-state index contributed by atoms with van der Waals surface area (Å²) < 4.78 is 32.7. The standard InChI is InChI=1S/C16H14BrF2NO2/c17-12-5-6-13(18)11(9-12)10-20-16(21)7-8-22-15-4-2-1-3-14(15)19/h1-6,9H,7-8,10H2,(H,20,21). The van der Waals surface area contributed by atoms with Gasteiger partial charge < -0.3 is 10.1 Å². The first-order valence-electron chi connectivity index (χ1n) is 6.64. The fourth-order valence-electron chi connectivity index (χ4n) is 1.78. The van der Waals surface area contributed by atoms with E-state index in [0.29, 0.717) is 5.56 Å². The van der Waals surface area contributed by atoms with E-state index in [1.54, 1.807) is 24.3 Å². The summed E-state index contributed by atoms with van der Waals surface area (Å²) in [4.78, 5) is 11.7. The van der Waals surface area contributed by atoms with E-state index in [9.17, 15) is 13.6 Å². The van der Waals surface area contributed by atoms with Crippen LogP contribution >= 0.6 is 15.9 Å². The summed E-state index contributed by atoms with van der Waals surface area (Å²) in [5.41, 5.74) is 0.387. The Morgan fingerprint density at radius 3 is 2.68 bits per heavy atom. The van der Waals surface area contributed by atoms with Gasteiger partial charge in [-0.25, -0.2) is 8.78 Å². The maximum atomic E-state index is 13.5. The average Bonchev–Trinajstić information content (AvgIpc) is 2.50. The predicted octanol–water partition coefficient (Wildman–Crippen LogP) is 3.81. The lowest BCUT2D eigenvalue weighted by atomic mass is 10.2. The zero-order valence-corrected chi connectivity index (χ0v) is 13.2. The largest absolute Gasteiger partial charge is 0.490 e. The number of carbonyl (C=O) groups is 1. The number of halogens is 3. The smallest absolute Gasteiger partial charge is 0.223 e. The van der Waals surface area contributed by atoms with Crippen LogP contribution in [0.15, 0.2) is 46.9 Å². The highest BCUT2D eigenvalue weighted by Crippen LogP contribution is 2.16. The van der Waals surface area contributed by atoms with Crippen molar-refractivity contribution in [2.75, 3.05) is 6.61 Å². The van der Waals surface area contributed by atoms with E-state index in [1.807, 2.05) is 0 Å². The van der Waals surface area contributed by atoms with Crippen LogP contribution in [0.25, 0.3) is 0 Å². The second-order valence-corrected chi connectivity index (χ2v) is 5.46. The van der Waals surface area contributed by atoms with E-state index < -0.39 is 5.82 Å². The van der Waals surface area contributed by atoms with E-state index in [2.05, 4.69) is 21.2 Å². The van der Waals surface area contributed by atoms with Gasteiger partial charge in [0.05, 0.1) is 13.0 Å². The second-order valence-electron chi connectivity index (χ2n) is 4.54. The molecule has 22 heavy (non-hydrogen) atoms. The summed E-state index contributed by atoms with van der Waals surface area (Å²) >= 11 is 3.24. The fourth-order valence-corrected chi connectivity index (χ4v) is 2.18. The van der Waals surface area contributed by atoms with Crippen LogP contribution in [0, 0.1) is 11.6 Å². The normalized spacial score (nSPS) is 10.3. The van der Waals surface area contributed by atoms with Gasteiger partial charge in [0.25, 0.3) is 0 Å². The van der Waals surface area contributed by atoms with Gasteiger partial charge in [0.1, 0.15) is 5.82 Å². The zero-order chi connectivity index (χ0) is 15.9. The van der Waals surface area contributed by atoms with Crippen molar-refractivity contribution in [2.45, 2.75) is 13.0 Å². The molecule has 2 aromatic rings. The molecule has 3 nitrogen and oxygen atoms in total. The molecule has 0 atom stereocenters. The van der Waals surface area contributed by atoms with E-state index in [0.717, 1.165) is 4.47 Å². The maximum Gasteiger partial charge on any atom is 0.223 e. The van der Waals surface area contributed by atoms with Crippen molar-refractivity contribution in [2.24, 2.45) is 0 Å². The molecule has 0 aliphatic heterocycles. The van der Waals surface area contributed by atoms with Crippen molar-refractivity contribution < 1.29 is 18.3 Å². The summed E-state index contributed by atoms with van der Waals surface area (Å²) in [6.45, 7) is 0.136. The Morgan fingerprint density at radius 1 is 1.14 bits per heavy atom. The van der Waals surface area contributed by atoms with Crippen LogP contribution in [0.4, 0.5) is 8.78 Å². The van der Waals surface area contributed by atoms with E-state index in [1.165, 1.54) is 18.2 Å². The monoisotopic (exact) mass is 369 g/mol. The number of rotatable bonds is 6. The molecule has 0 spiro atoms. The Morgan fingerprint density at radius 2 is 1.91 bits per heavy atom. The quantitative estimate of drug-likeness (QED) is 0.840. The molecule has 2 rings (SSSR count). The molecule has 0 aliphatic carbocycles. The minimum Gasteiger partial charge on any atom is -0.490 e. The molecule has 0 saturated heterocycles. The van der Waals surface area contributed by atoms with Gasteiger partial charge in [-0.15, -0.1) is 0 Å². The van der Waals surface area contributed by atoms with Gasteiger partial charge in [-0.1, -0.05) is 28.1 Å².